The van der Waals surface area contributed by atoms with Gasteiger partial charge in [0.15, 0.2) is 0 Å². The van der Waals surface area contributed by atoms with Crippen molar-refractivity contribution in [3.05, 3.63) is 0 Å². The second kappa shape index (κ2) is 8.78. The van der Waals surface area contributed by atoms with E-state index in [1.165, 1.54) is 24.7 Å². The van der Waals surface area contributed by atoms with Crippen LogP contribution < -0.4 is 0 Å². The van der Waals surface area contributed by atoms with Crippen molar-refractivity contribution in [2.24, 2.45) is 0 Å². The van der Waals surface area contributed by atoms with Crippen molar-refractivity contribution < 1.29 is 0 Å². The molecule has 0 heterocycles. The highest BCUT2D eigenvalue weighted by Gasteiger charge is 1.86. The van der Waals surface area contributed by atoms with Crippen LogP contribution in [0.2, 0.25) is 5.28 Å². The van der Waals surface area contributed by atoms with Crippen LogP contribution in [-0.2, 0) is 0 Å². The van der Waals surface area contributed by atoms with Gasteiger partial charge in [0.25, 0.3) is 0 Å². The first-order chi connectivity index (χ1) is 3.77. The van der Waals surface area contributed by atoms with Crippen LogP contribution in [0.4, 0.5) is 0 Å². The molecule has 0 rings (SSSR count). The van der Waals surface area contributed by atoms with Gasteiger partial charge in [0.2, 0.25) is 0 Å². The molecular formula is C6H15AlClN. The predicted molar refractivity (Wildman–Crippen MR) is 45.6 cm³/mol. The molecule has 0 aliphatic heterocycles. The molecular weight excluding hydrogens is 149 g/mol. The average Bonchev–Trinajstić information content (AvgIpc) is 1.66. The molecule has 0 bridgehead atoms. The van der Waals surface area contributed by atoms with E-state index in [2.05, 4.69) is 35.3 Å². The number of unbranched alkanes of at least 4 members (excludes halogenated alkanes) is 1. The quantitative estimate of drug-likeness (QED) is 0.447. The van der Waals surface area contributed by atoms with Crippen LogP contribution in [0.3, 0.4) is 0 Å². The Morgan fingerprint density at radius 2 is 1.78 bits per heavy atom. The summed E-state index contributed by atoms with van der Waals surface area (Å²) in [4.78, 5) is 2.22. The number of rotatable bonds is 4. The maximum atomic E-state index is 2.74. The highest BCUT2D eigenvalue weighted by molar-refractivity contribution is 6.08. The molecule has 0 amide bonds. The first-order valence-corrected chi connectivity index (χ1v) is 3.94. The number of nitrogens with zero attached hydrogens (tertiary/aromatic N) is 1. The third-order valence-corrected chi connectivity index (χ3v) is 1.47. The lowest BCUT2D eigenvalue weighted by Crippen LogP contribution is -2.12. The zero-order chi connectivity index (χ0) is 6.41. The lowest BCUT2D eigenvalue weighted by molar-refractivity contribution is 0.398. The molecule has 0 aromatic carbocycles. The monoisotopic (exact) mass is 163 g/mol. The molecule has 0 saturated heterocycles. The van der Waals surface area contributed by atoms with Crippen LogP contribution in [0.15, 0.2) is 0 Å². The Hall–Kier alpha value is 0.782. The number of hydrogen-bond acceptors (Lipinski definition) is 1. The highest BCUT2D eigenvalue weighted by atomic mass is 35.5. The minimum Gasteiger partial charge on any atom is -0.309 e. The maximum absolute atomic E-state index is 2.74. The average molecular weight is 164 g/mol. The molecule has 3 heteroatoms. The Morgan fingerprint density at radius 3 is 2.11 bits per heavy atom. The first-order valence-electron chi connectivity index (χ1n) is 3.12. The molecule has 0 saturated carbocycles. The van der Waals surface area contributed by atoms with Gasteiger partial charge in [-0.25, -0.2) is 0 Å². The molecule has 0 unspecified atom stereocenters. The van der Waals surface area contributed by atoms with Gasteiger partial charge in [0.1, 0.15) is 16.3 Å². The summed E-state index contributed by atoms with van der Waals surface area (Å²) in [6, 6.07) is 0. The van der Waals surface area contributed by atoms with Gasteiger partial charge in [0.05, 0.1) is 0 Å². The lowest BCUT2D eigenvalue weighted by atomic mass is 10.3. The second-order valence-electron chi connectivity index (χ2n) is 2.30. The fourth-order valence-electron chi connectivity index (χ4n) is 0.572. The summed E-state index contributed by atoms with van der Waals surface area (Å²) in [6.45, 7) is 1.23. The van der Waals surface area contributed by atoms with E-state index in [-0.39, 0.29) is 12.4 Å². The summed E-state index contributed by atoms with van der Waals surface area (Å²) in [5.41, 5.74) is 0. The molecule has 0 N–H and O–H groups in total. The van der Waals surface area contributed by atoms with Crippen molar-refractivity contribution in [3.8, 4) is 0 Å². The third kappa shape index (κ3) is 12.1. The second-order valence-corrected chi connectivity index (χ2v) is 2.88. The van der Waals surface area contributed by atoms with Gasteiger partial charge < -0.3 is 4.90 Å². The van der Waals surface area contributed by atoms with Gasteiger partial charge in [-0.15, -0.1) is 17.7 Å². The summed E-state index contributed by atoms with van der Waals surface area (Å²) in [6.07, 6.45) is 2.67. The first kappa shape index (κ1) is 12.5. The van der Waals surface area contributed by atoms with Crippen molar-refractivity contribution in [1.29, 1.82) is 0 Å². The molecule has 0 aliphatic rings. The molecule has 54 valence electrons. The van der Waals surface area contributed by atoms with Crippen LogP contribution >= 0.6 is 12.4 Å². The topological polar surface area (TPSA) is 3.24 Å². The molecule has 2 radical (unpaired) electrons. The molecule has 9 heavy (non-hydrogen) atoms. The van der Waals surface area contributed by atoms with Crippen molar-refractivity contribution in [1.82, 2.24) is 4.90 Å². The van der Waals surface area contributed by atoms with Crippen LogP contribution in [0.25, 0.3) is 0 Å². The van der Waals surface area contributed by atoms with E-state index < -0.39 is 0 Å². The molecule has 0 aliphatic carbocycles. The number of hydrogen-bond donors (Lipinski definition) is 0. The van der Waals surface area contributed by atoms with E-state index in [1.54, 1.807) is 0 Å². The highest BCUT2D eigenvalue weighted by Crippen LogP contribution is 1.92. The summed E-state index contributed by atoms with van der Waals surface area (Å²) in [5.74, 6) is 0. The van der Waals surface area contributed by atoms with E-state index in [4.69, 9.17) is 0 Å². The van der Waals surface area contributed by atoms with Crippen LogP contribution in [-0.4, -0.2) is 41.8 Å². The standard InChI is InChI=1S/C6H14N.Al.ClH/c1-4-5-6-7(2)3;;/h1,4-6H2,2-3H3;;1H. The Labute approximate surface area is 72.6 Å². The van der Waals surface area contributed by atoms with Crippen molar-refractivity contribution in [3.63, 3.8) is 0 Å². The van der Waals surface area contributed by atoms with E-state index in [1.807, 2.05) is 0 Å². The van der Waals surface area contributed by atoms with Crippen molar-refractivity contribution >= 4 is 28.7 Å². The Kier molecular flexibility index (Phi) is 12.2. The van der Waals surface area contributed by atoms with Crippen LogP contribution in [0.5, 0.6) is 0 Å². The third-order valence-electron chi connectivity index (χ3n) is 1.06. The summed E-state index contributed by atoms with van der Waals surface area (Å²) in [5, 5.41) is 1.24. The van der Waals surface area contributed by atoms with E-state index in [9.17, 15) is 0 Å². The normalized spacial score (nSPS) is 9.22. The molecule has 0 aromatic rings. The predicted octanol–water partition coefficient (Wildman–Crippen LogP) is 1.34. The largest absolute Gasteiger partial charge is 0.309 e. The molecule has 1 nitrogen and oxygen atoms in total. The van der Waals surface area contributed by atoms with Gasteiger partial charge in [-0.1, -0.05) is 6.42 Å². The lowest BCUT2D eigenvalue weighted by Gasteiger charge is -2.07. The summed E-state index contributed by atoms with van der Waals surface area (Å²) >= 11 is 2.74. The zero-order valence-electron chi connectivity index (χ0n) is 6.26. The Bertz CT molecular complexity index is 50.3. The minimum atomic E-state index is 0. The van der Waals surface area contributed by atoms with Gasteiger partial charge in [0, 0.05) is 0 Å². The Morgan fingerprint density at radius 1 is 1.22 bits per heavy atom. The van der Waals surface area contributed by atoms with Gasteiger partial charge in [-0.3, -0.25) is 0 Å². The fourth-order valence-corrected chi connectivity index (χ4v) is 0.861. The smallest absolute Gasteiger partial charge is 0.118 e. The van der Waals surface area contributed by atoms with E-state index in [0.717, 1.165) is 0 Å². The molecule has 0 atom stereocenters. The zero-order valence-corrected chi connectivity index (χ0v) is 8.23. The van der Waals surface area contributed by atoms with Gasteiger partial charge in [-0.2, -0.15) is 0 Å². The molecule has 0 fully saturated rings. The van der Waals surface area contributed by atoms with Crippen LogP contribution in [0, 0.1) is 0 Å². The van der Waals surface area contributed by atoms with Crippen LogP contribution in [0.1, 0.15) is 12.8 Å². The Balaban J connectivity index is 0. The number of halogens is 1. The maximum Gasteiger partial charge on any atom is 0.118 e. The van der Waals surface area contributed by atoms with Crippen molar-refractivity contribution in [2.45, 2.75) is 18.1 Å². The SMILES string of the molecule is CN(C)CCC[CH2][Al].Cl. The molecule has 0 spiro atoms. The van der Waals surface area contributed by atoms with Gasteiger partial charge in [-0.05, 0) is 27.1 Å². The minimum absolute atomic E-state index is 0. The van der Waals surface area contributed by atoms with Gasteiger partial charge >= 0.3 is 0 Å². The fraction of sp³-hybridized carbons (Fsp3) is 1.00. The van der Waals surface area contributed by atoms with Crippen molar-refractivity contribution in [2.75, 3.05) is 20.6 Å². The van der Waals surface area contributed by atoms with E-state index in [0.29, 0.717) is 0 Å². The summed E-state index contributed by atoms with van der Waals surface area (Å²) in [7, 11) is 4.23. The summed E-state index contributed by atoms with van der Waals surface area (Å²) < 4.78 is 0. The van der Waals surface area contributed by atoms with E-state index >= 15 is 0 Å². The molecule has 0 aromatic heterocycles.